The van der Waals surface area contributed by atoms with Crippen LogP contribution in [0.4, 0.5) is 0 Å². The van der Waals surface area contributed by atoms with Crippen LogP contribution in [0.1, 0.15) is 43.6 Å². The summed E-state index contributed by atoms with van der Waals surface area (Å²) in [5.41, 5.74) is 1.46. The fourth-order valence-electron chi connectivity index (χ4n) is 2.88. The third kappa shape index (κ3) is 3.66. The summed E-state index contributed by atoms with van der Waals surface area (Å²) >= 11 is 11.8. The smallest absolute Gasteiger partial charge is 0.329 e. The maximum absolute atomic E-state index is 12.5. The largest absolute Gasteiger partial charge is 0.456 e. The van der Waals surface area contributed by atoms with Crippen molar-refractivity contribution in [2.45, 2.75) is 19.9 Å². The number of amides is 2. The Morgan fingerprint density at radius 2 is 1.71 bits per heavy atom. The van der Waals surface area contributed by atoms with Gasteiger partial charge in [0.1, 0.15) is 6.04 Å². The Hall–Kier alpha value is -2.70. The van der Waals surface area contributed by atoms with Crippen LogP contribution in [0, 0.1) is 6.92 Å². The van der Waals surface area contributed by atoms with Crippen LogP contribution in [0.2, 0.25) is 10.0 Å². The number of Topliss-reactive ketones (excluding diaryl/α,β-unsaturated/α-hetero) is 1. The molecule has 1 aliphatic rings. The SMILES string of the molecule is Cc1ccc2c(c1)C(=O)N(C(C)C(=O)OCC(=O)c1ccc(Cl)cc1Cl)C2=O. The molecular formula is C20H15Cl2NO5. The Bertz CT molecular complexity index is 1020. The van der Waals surface area contributed by atoms with E-state index in [9.17, 15) is 19.2 Å². The molecule has 0 aromatic heterocycles. The van der Waals surface area contributed by atoms with E-state index < -0.39 is 36.2 Å². The fraction of sp³-hybridized carbons (Fsp3) is 0.200. The van der Waals surface area contributed by atoms with Gasteiger partial charge < -0.3 is 4.74 Å². The average molecular weight is 420 g/mol. The van der Waals surface area contributed by atoms with Gasteiger partial charge in [0.25, 0.3) is 11.8 Å². The zero-order chi connectivity index (χ0) is 20.6. The maximum Gasteiger partial charge on any atom is 0.329 e. The molecule has 2 aromatic carbocycles. The molecule has 0 N–H and O–H groups in total. The Kier molecular flexibility index (Phi) is 5.54. The number of benzene rings is 2. The third-order valence-electron chi connectivity index (χ3n) is 4.38. The van der Waals surface area contributed by atoms with Crippen LogP contribution in [0.3, 0.4) is 0 Å². The first-order valence-corrected chi connectivity index (χ1v) is 9.09. The zero-order valence-electron chi connectivity index (χ0n) is 15.0. The summed E-state index contributed by atoms with van der Waals surface area (Å²) in [7, 11) is 0. The normalized spacial score (nSPS) is 14.1. The fourth-order valence-corrected chi connectivity index (χ4v) is 3.39. The highest BCUT2D eigenvalue weighted by atomic mass is 35.5. The van der Waals surface area contributed by atoms with Gasteiger partial charge in [0.05, 0.1) is 16.1 Å². The highest BCUT2D eigenvalue weighted by Gasteiger charge is 2.41. The number of hydrogen-bond acceptors (Lipinski definition) is 5. The average Bonchev–Trinajstić information content (AvgIpc) is 2.89. The molecule has 1 unspecified atom stereocenters. The van der Waals surface area contributed by atoms with E-state index >= 15 is 0 Å². The molecule has 0 saturated carbocycles. The van der Waals surface area contributed by atoms with Crippen molar-refractivity contribution in [2.75, 3.05) is 6.61 Å². The second-order valence-electron chi connectivity index (χ2n) is 6.36. The second-order valence-corrected chi connectivity index (χ2v) is 7.20. The van der Waals surface area contributed by atoms with Crippen molar-refractivity contribution in [3.05, 3.63) is 68.7 Å². The van der Waals surface area contributed by atoms with Gasteiger partial charge in [0.2, 0.25) is 5.78 Å². The quantitative estimate of drug-likeness (QED) is 0.419. The summed E-state index contributed by atoms with van der Waals surface area (Å²) in [6.07, 6.45) is 0. The molecule has 0 fully saturated rings. The second kappa shape index (κ2) is 7.73. The molecule has 0 radical (unpaired) electrons. The van der Waals surface area contributed by atoms with Crippen molar-refractivity contribution in [3.63, 3.8) is 0 Å². The number of esters is 1. The summed E-state index contributed by atoms with van der Waals surface area (Å²) in [5, 5.41) is 0.505. The summed E-state index contributed by atoms with van der Waals surface area (Å²) in [5.74, 6) is -2.54. The molecule has 1 aliphatic heterocycles. The van der Waals surface area contributed by atoms with Gasteiger partial charge in [-0.3, -0.25) is 19.3 Å². The van der Waals surface area contributed by atoms with Gasteiger partial charge in [-0.25, -0.2) is 4.79 Å². The standard InChI is InChI=1S/C20H15Cl2NO5/c1-10-3-5-13-15(7-10)19(26)23(18(13)25)11(2)20(27)28-9-17(24)14-6-4-12(21)8-16(14)22/h3-8,11H,9H2,1-2H3. The minimum atomic E-state index is -1.18. The van der Waals surface area contributed by atoms with Gasteiger partial charge in [-0.15, -0.1) is 0 Å². The molecule has 2 amide bonds. The molecule has 1 atom stereocenters. The van der Waals surface area contributed by atoms with Crippen LogP contribution in [-0.4, -0.2) is 41.1 Å². The van der Waals surface area contributed by atoms with Crippen molar-refractivity contribution in [3.8, 4) is 0 Å². The topological polar surface area (TPSA) is 80.8 Å². The van der Waals surface area contributed by atoms with E-state index in [1.807, 2.05) is 0 Å². The first-order valence-electron chi connectivity index (χ1n) is 8.34. The minimum absolute atomic E-state index is 0.136. The van der Waals surface area contributed by atoms with Gasteiger partial charge in [-0.1, -0.05) is 34.8 Å². The Labute approximate surface area is 171 Å². The van der Waals surface area contributed by atoms with E-state index in [4.69, 9.17) is 27.9 Å². The van der Waals surface area contributed by atoms with Crippen LogP contribution < -0.4 is 0 Å². The maximum atomic E-state index is 12.5. The molecule has 28 heavy (non-hydrogen) atoms. The lowest BCUT2D eigenvalue weighted by molar-refractivity contribution is -0.146. The summed E-state index contributed by atoms with van der Waals surface area (Å²) < 4.78 is 5.01. The summed E-state index contributed by atoms with van der Waals surface area (Å²) in [6, 6.07) is 8.01. The van der Waals surface area contributed by atoms with Gasteiger partial charge in [-0.2, -0.15) is 0 Å². The van der Waals surface area contributed by atoms with E-state index in [1.54, 1.807) is 25.1 Å². The summed E-state index contributed by atoms with van der Waals surface area (Å²) in [6.45, 7) is 2.59. The molecule has 2 aromatic rings. The van der Waals surface area contributed by atoms with E-state index in [-0.39, 0.29) is 21.7 Å². The first-order chi connectivity index (χ1) is 13.2. The number of hydrogen-bond donors (Lipinski definition) is 0. The number of ether oxygens (including phenoxy) is 1. The molecule has 6 nitrogen and oxygen atoms in total. The van der Waals surface area contributed by atoms with Gasteiger partial charge in [-0.05, 0) is 44.2 Å². The molecule has 0 bridgehead atoms. The molecule has 0 saturated heterocycles. The predicted octanol–water partition coefficient (Wildman–Crippen LogP) is 3.71. The monoisotopic (exact) mass is 419 g/mol. The molecule has 144 valence electrons. The van der Waals surface area contributed by atoms with E-state index in [1.165, 1.54) is 25.1 Å². The number of halogens is 2. The van der Waals surface area contributed by atoms with E-state index in [0.29, 0.717) is 5.02 Å². The lowest BCUT2D eigenvalue weighted by Crippen LogP contribution is -2.44. The van der Waals surface area contributed by atoms with Crippen LogP contribution >= 0.6 is 23.2 Å². The number of carbonyl (C=O) groups excluding carboxylic acids is 4. The van der Waals surface area contributed by atoms with Crippen molar-refractivity contribution in [1.29, 1.82) is 0 Å². The molecule has 8 heteroatoms. The highest BCUT2D eigenvalue weighted by Crippen LogP contribution is 2.26. The van der Waals surface area contributed by atoms with Gasteiger partial charge >= 0.3 is 5.97 Å². The van der Waals surface area contributed by atoms with Crippen LogP contribution in [-0.2, 0) is 9.53 Å². The van der Waals surface area contributed by atoms with Crippen LogP contribution in [0.15, 0.2) is 36.4 Å². The van der Waals surface area contributed by atoms with Crippen molar-refractivity contribution in [2.24, 2.45) is 0 Å². The van der Waals surface area contributed by atoms with Crippen LogP contribution in [0.25, 0.3) is 0 Å². The number of imide groups is 1. The van der Waals surface area contributed by atoms with Gasteiger partial charge in [0.15, 0.2) is 6.61 Å². The number of ketones is 1. The number of fused-ring (bicyclic) bond motifs is 1. The van der Waals surface area contributed by atoms with Gasteiger partial charge in [0, 0.05) is 10.6 Å². The first kappa shape index (κ1) is 20.0. The minimum Gasteiger partial charge on any atom is -0.456 e. The Morgan fingerprint density at radius 1 is 1.04 bits per heavy atom. The Balaban J connectivity index is 1.69. The molecule has 1 heterocycles. The molecule has 3 rings (SSSR count). The lowest BCUT2D eigenvalue weighted by Gasteiger charge is -2.20. The Morgan fingerprint density at radius 3 is 2.39 bits per heavy atom. The number of aryl methyl sites for hydroxylation is 1. The highest BCUT2D eigenvalue weighted by molar-refractivity contribution is 6.36. The van der Waals surface area contributed by atoms with Crippen molar-refractivity contribution < 1.29 is 23.9 Å². The number of nitrogens with zero attached hydrogens (tertiary/aromatic N) is 1. The van der Waals surface area contributed by atoms with Crippen LogP contribution in [0.5, 0.6) is 0 Å². The lowest BCUT2D eigenvalue weighted by atomic mass is 10.1. The summed E-state index contributed by atoms with van der Waals surface area (Å²) in [4.78, 5) is 50.4. The molecule has 0 aliphatic carbocycles. The van der Waals surface area contributed by atoms with Crippen molar-refractivity contribution in [1.82, 2.24) is 4.90 Å². The molecular weight excluding hydrogens is 405 g/mol. The number of rotatable bonds is 5. The van der Waals surface area contributed by atoms with E-state index in [2.05, 4.69) is 0 Å². The van der Waals surface area contributed by atoms with E-state index in [0.717, 1.165) is 10.5 Å². The zero-order valence-corrected chi connectivity index (χ0v) is 16.5. The third-order valence-corrected chi connectivity index (χ3v) is 4.93. The number of carbonyl (C=O) groups is 4. The van der Waals surface area contributed by atoms with Crippen molar-refractivity contribution >= 4 is 46.8 Å². The molecule has 0 spiro atoms. The predicted molar refractivity (Wildman–Crippen MR) is 103 cm³/mol.